The molecule has 2 aromatic rings. The molecular formula is C13H15N3O3. The summed E-state index contributed by atoms with van der Waals surface area (Å²) in [6, 6.07) is 5.15. The van der Waals surface area contributed by atoms with E-state index in [1.165, 1.54) is 0 Å². The number of rotatable bonds is 2. The Morgan fingerprint density at radius 1 is 1.42 bits per heavy atom. The minimum absolute atomic E-state index is 0.163. The van der Waals surface area contributed by atoms with E-state index in [9.17, 15) is 4.79 Å². The van der Waals surface area contributed by atoms with Gasteiger partial charge < -0.3 is 9.84 Å². The number of aromatic carboxylic acids is 1. The number of benzene rings is 1. The molecule has 1 saturated heterocycles. The fraction of sp³-hybridized carbons (Fsp3) is 0.462. The van der Waals surface area contributed by atoms with Crippen molar-refractivity contribution in [3.63, 3.8) is 0 Å². The summed E-state index contributed by atoms with van der Waals surface area (Å²) in [7, 11) is 0. The number of hydrogen-bond acceptors (Lipinski definition) is 4. The van der Waals surface area contributed by atoms with Gasteiger partial charge in [0.15, 0.2) is 0 Å². The van der Waals surface area contributed by atoms with Gasteiger partial charge in [0.1, 0.15) is 5.52 Å². The first-order chi connectivity index (χ1) is 9.12. The molecule has 0 unspecified atom stereocenters. The van der Waals surface area contributed by atoms with E-state index in [1.807, 2.05) is 10.7 Å². The monoisotopic (exact) mass is 261 g/mol. The van der Waals surface area contributed by atoms with Gasteiger partial charge >= 0.3 is 5.97 Å². The van der Waals surface area contributed by atoms with Crippen LogP contribution in [0.25, 0.3) is 11.0 Å². The van der Waals surface area contributed by atoms with E-state index in [0.717, 1.165) is 18.4 Å². The van der Waals surface area contributed by atoms with Crippen LogP contribution in [0.15, 0.2) is 18.2 Å². The minimum atomic E-state index is -0.977. The average Bonchev–Trinajstić information content (AvgIpc) is 2.83. The van der Waals surface area contributed by atoms with Gasteiger partial charge in [-0.2, -0.15) is 0 Å². The van der Waals surface area contributed by atoms with Gasteiger partial charge in [-0.3, -0.25) is 0 Å². The smallest absolute Gasteiger partial charge is 0.338 e. The fourth-order valence-electron chi connectivity index (χ4n) is 2.54. The number of aromatic nitrogens is 3. The van der Waals surface area contributed by atoms with Gasteiger partial charge in [0.05, 0.1) is 16.6 Å². The molecule has 0 atom stereocenters. The Kier molecular flexibility index (Phi) is 2.74. The van der Waals surface area contributed by atoms with Crippen LogP contribution in [0, 0.1) is 0 Å². The molecule has 6 heteroatoms. The highest BCUT2D eigenvalue weighted by Crippen LogP contribution is 2.31. The predicted octanol–water partition coefficient (Wildman–Crippen LogP) is 1.66. The van der Waals surface area contributed by atoms with Crippen LogP contribution < -0.4 is 0 Å². The second-order valence-electron chi connectivity index (χ2n) is 5.09. The van der Waals surface area contributed by atoms with Crippen molar-refractivity contribution in [1.29, 1.82) is 0 Å². The Bertz CT molecular complexity index is 629. The molecule has 0 saturated carbocycles. The summed E-state index contributed by atoms with van der Waals surface area (Å²) in [5.74, 6) is -0.977. The highest BCUT2D eigenvalue weighted by Gasteiger charge is 2.32. The molecule has 0 spiro atoms. The van der Waals surface area contributed by atoms with Crippen LogP contribution in [0.4, 0.5) is 0 Å². The zero-order valence-corrected chi connectivity index (χ0v) is 10.7. The first kappa shape index (κ1) is 12.1. The minimum Gasteiger partial charge on any atom is -0.478 e. The van der Waals surface area contributed by atoms with Crippen molar-refractivity contribution >= 4 is 17.0 Å². The largest absolute Gasteiger partial charge is 0.478 e. The molecule has 1 aliphatic heterocycles. The van der Waals surface area contributed by atoms with E-state index in [2.05, 4.69) is 17.2 Å². The number of hydrogen-bond donors (Lipinski definition) is 1. The molecule has 1 fully saturated rings. The third kappa shape index (κ3) is 1.88. The van der Waals surface area contributed by atoms with Gasteiger partial charge in [-0.05, 0) is 31.9 Å². The van der Waals surface area contributed by atoms with Crippen LogP contribution >= 0.6 is 0 Å². The number of carbonyl (C=O) groups is 1. The van der Waals surface area contributed by atoms with E-state index < -0.39 is 5.97 Å². The molecule has 1 aromatic heterocycles. The lowest BCUT2D eigenvalue weighted by Crippen LogP contribution is -2.37. The van der Waals surface area contributed by atoms with Crippen LogP contribution in [0.5, 0.6) is 0 Å². The third-order valence-electron chi connectivity index (χ3n) is 3.79. The van der Waals surface area contributed by atoms with Crippen molar-refractivity contribution in [1.82, 2.24) is 15.0 Å². The maximum atomic E-state index is 11.2. The fourth-order valence-corrected chi connectivity index (χ4v) is 2.54. The Morgan fingerprint density at radius 3 is 2.84 bits per heavy atom. The molecule has 0 radical (unpaired) electrons. The number of carboxylic acid groups (broad SMARTS) is 1. The maximum Gasteiger partial charge on any atom is 0.338 e. The second kappa shape index (κ2) is 4.31. The zero-order valence-electron chi connectivity index (χ0n) is 10.7. The quantitative estimate of drug-likeness (QED) is 0.889. The van der Waals surface area contributed by atoms with Gasteiger partial charge in [-0.25, -0.2) is 9.48 Å². The lowest BCUT2D eigenvalue weighted by molar-refractivity contribution is 0.0252. The van der Waals surface area contributed by atoms with Crippen molar-refractivity contribution in [3.05, 3.63) is 23.8 Å². The summed E-state index contributed by atoms with van der Waals surface area (Å²) in [5, 5.41) is 17.4. The number of carboxylic acids is 1. The normalized spacial score (nSPS) is 18.6. The van der Waals surface area contributed by atoms with Gasteiger partial charge in [-0.1, -0.05) is 11.3 Å². The summed E-state index contributed by atoms with van der Waals surface area (Å²) in [6.07, 6.45) is 1.70. The predicted molar refractivity (Wildman–Crippen MR) is 68.2 cm³/mol. The molecule has 3 rings (SSSR count). The molecular weight excluding hydrogens is 246 g/mol. The molecule has 19 heavy (non-hydrogen) atoms. The molecule has 0 aliphatic carbocycles. The standard InChI is InChI=1S/C13H15N3O3/c1-13(5-7-19-8-6-13)16-10-4-2-3-9(12(17)18)11(10)14-15-16/h2-4H,5-8H2,1H3,(H,17,18). The van der Waals surface area contributed by atoms with E-state index >= 15 is 0 Å². The van der Waals surface area contributed by atoms with Crippen LogP contribution in [-0.4, -0.2) is 39.3 Å². The Balaban J connectivity index is 2.15. The highest BCUT2D eigenvalue weighted by molar-refractivity contribution is 6.00. The van der Waals surface area contributed by atoms with Crippen LogP contribution in [0.3, 0.4) is 0 Å². The van der Waals surface area contributed by atoms with Gasteiger partial charge in [-0.15, -0.1) is 5.10 Å². The molecule has 100 valence electrons. The van der Waals surface area contributed by atoms with E-state index in [1.54, 1.807) is 12.1 Å². The number of ether oxygens (including phenoxy) is 1. The molecule has 1 aliphatic rings. The topological polar surface area (TPSA) is 77.2 Å². The summed E-state index contributed by atoms with van der Waals surface area (Å²) in [4.78, 5) is 11.2. The van der Waals surface area contributed by atoms with Crippen molar-refractivity contribution < 1.29 is 14.6 Å². The Morgan fingerprint density at radius 2 is 2.16 bits per heavy atom. The van der Waals surface area contributed by atoms with E-state index in [-0.39, 0.29) is 11.1 Å². The summed E-state index contributed by atoms with van der Waals surface area (Å²) in [5.41, 5.74) is 1.25. The first-order valence-electron chi connectivity index (χ1n) is 6.28. The SMILES string of the molecule is CC1(n2nnc3c(C(=O)O)cccc32)CCOCC1. The molecule has 0 amide bonds. The first-order valence-corrected chi connectivity index (χ1v) is 6.28. The van der Waals surface area contributed by atoms with Crippen molar-refractivity contribution in [3.8, 4) is 0 Å². The molecule has 0 bridgehead atoms. The van der Waals surface area contributed by atoms with Gasteiger partial charge in [0.25, 0.3) is 0 Å². The van der Waals surface area contributed by atoms with Gasteiger partial charge in [0.2, 0.25) is 0 Å². The van der Waals surface area contributed by atoms with Crippen LogP contribution in [0.1, 0.15) is 30.1 Å². The highest BCUT2D eigenvalue weighted by atomic mass is 16.5. The summed E-state index contributed by atoms with van der Waals surface area (Å²) >= 11 is 0. The Labute approximate surface area is 110 Å². The molecule has 2 heterocycles. The molecule has 1 aromatic carbocycles. The average molecular weight is 261 g/mol. The summed E-state index contributed by atoms with van der Waals surface area (Å²) < 4.78 is 7.23. The maximum absolute atomic E-state index is 11.2. The summed E-state index contributed by atoms with van der Waals surface area (Å²) in [6.45, 7) is 3.49. The van der Waals surface area contributed by atoms with Gasteiger partial charge in [0, 0.05) is 13.2 Å². The van der Waals surface area contributed by atoms with E-state index in [0.29, 0.717) is 18.7 Å². The lowest BCUT2D eigenvalue weighted by Gasteiger charge is -2.33. The zero-order chi connectivity index (χ0) is 13.5. The molecule has 1 N–H and O–H groups in total. The molecule has 6 nitrogen and oxygen atoms in total. The van der Waals surface area contributed by atoms with Crippen molar-refractivity contribution in [2.45, 2.75) is 25.3 Å². The third-order valence-corrected chi connectivity index (χ3v) is 3.79. The van der Waals surface area contributed by atoms with Crippen LogP contribution in [-0.2, 0) is 10.3 Å². The van der Waals surface area contributed by atoms with Crippen molar-refractivity contribution in [2.24, 2.45) is 0 Å². The second-order valence-corrected chi connectivity index (χ2v) is 5.09. The lowest BCUT2D eigenvalue weighted by atomic mass is 9.92. The number of nitrogens with zero attached hydrogens (tertiary/aromatic N) is 3. The van der Waals surface area contributed by atoms with Crippen LogP contribution in [0.2, 0.25) is 0 Å². The number of fused-ring (bicyclic) bond motifs is 1. The Hall–Kier alpha value is -1.95. The van der Waals surface area contributed by atoms with Crippen molar-refractivity contribution in [2.75, 3.05) is 13.2 Å². The van der Waals surface area contributed by atoms with E-state index in [4.69, 9.17) is 9.84 Å².